The topological polar surface area (TPSA) is 69.2 Å². The van der Waals surface area contributed by atoms with Crippen LogP contribution in [0, 0.1) is 0 Å². The molecule has 3 aromatic rings. The number of nitrogens with zero attached hydrogens (tertiary/aromatic N) is 1. The Labute approximate surface area is 204 Å². The summed E-state index contributed by atoms with van der Waals surface area (Å²) >= 11 is 15.7. The fraction of sp³-hybridized carbons (Fsp3) is 0.130. The Kier molecular flexibility index (Phi) is 8.79. The molecule has 3 aromatic carbocycles. The van der Waals surface area contributed by atoms with Crippen LogP contribution >= 0.6 is 39.1 Å². The first-order valence-corrected chi connectivity index (χ1v) is 10.9. The third-order valence-corrected chi connectivity index (χ3v) is 5.44. The van der Waals surface area contributed by atoms with Crippen LogP contribution in [0.2, 0.25) is 10.0 Å². The van der Waals surface area contributed by atoms with E-state index in [1.54, 1.807) is 48.5 Å². The van der Waals surface area contributed by atoms with E-state index in [1.807, 2.05) is 12.1 Å². The molecule has 0 bridgehead atoms. The molecule has 0 heterocycles. The van der Waals surface area contributed by atoms with Crippen molar-refractivity contribution in [3.05, 3.63) is 86.3 Å². The van der Waals surface area contributed by atoms with Gasteiger partial charge in [-0.15, -0.1) is 0 Å². The standard InChI is InChI=1S/C23H19BrCl2N2O4/c1-30-22-11-15(5-10-21(22)32-13-18-19(25)3-2-4-20(18)26)12-27-28-23(29)14-31-17-8-6-16(24)7-9-17/h2-12H,13-14H2,1H3,(H,28,29)/b27-12+. The molecule has 3 rings (SSSR count). The lowest BCUT2D eigenvalue weighted by Crippen LogP contribution is -2.24. The zero-order valence-corrected chi connectivity index (χ0v) is 20.1. The van der Waals surface area contributed by atoms with Crippen molar-refractivity contribution in [3.63, 3.8) is 0 Å². The number of methoxy groups -OCH3 is 1. The van der Waals surface area contributed by atoms with E-state index in [4.69, 9.17) is 37.4 Å². The molecule has 32 heavy (non-hydrogen) atoms. The smallest absolute Gasteiger partial charge is 0.277 e. The monoisotopic (exact) mass is 536 g/mol. The van der Waals surface area contributed by atoms with Crippen LogP contribution in [0.3, 0.4) is 0 Å². The normalized spacial score (nSPS) is 10.8. The lowest BCUT2D eigenvalue weighted by atomic mass is 10.2. The molecule has 0 aliphatic heterocycles. The number of hydrazone groups is 1. The fourth-order valence-electron chi connectivity index (χ4n) is 2.59. The van der Waals surface area contributed by atoms with Crippen LogP contribution in [0.15, 0.2) is 70.2 Å². The highest BCUT2D eigenvalue weighted by molar-refractivity contribution is 9.10. The Morgan fingerprint density at radius 1 is 1.03 bits per heavy atom. The molecule has 0 spiro atoms. The number of amides is 1. The molecule has 9 heteroatoms. The predicted octanol–water partition coefficient (Wildman–Crippen LogP) is 5.87. The highest BCUT2D eigenvalue weighted by Gasteiger charge is 2.10. The summed E-state index contributed by atoms with van der Waals surface area (Å²) < 4.78 is 17.5. The summed E-state index contributed by atoms with van der Waals surface area (Å²) in [6.45, 7) is 0.0381. The molecule has 1 N–H and O–H groups in total. The van der Waals surface area contributed by atoms with Crippen molar-refractivity contribution in [2.45, 2.75) is 6.61 Å². The number of ether oxygens (including phenoxy) is 3. The third kappa shape index (κ3) is 6.88. The first kappa shape index (κ1) is 23.9. The molecule has 0 saturated carbocycles. The minimum absolute atomic E-state index is 0.153. The van der Waals surface area contributed by atoms with Crippen molar-refractivity contribution in [1.82, 2.24) is 5.43 Å². The minimum atomic E-state index is -0.382. The molecule has 0 saturated heterocycles. The molecule has 0 aliphatic rings. The van der Waals surface area contributed by atoms with Gasteiger partial charge in [0.05, 0.1) is 13.3 Å². The Balaban J connectivity index is 1.54. The second-order valence-electron chi connectivity index (χ2n) is 6.43. The molecule has 0 unspecified atom stereocenters. The number of hydrogen-bond acceptors (Lipinski definition) is 5. The second-order valence-corrected chi connectivity index (χ2v) is 8.17. The molecule has 0 aliphatic carbocycles. The zero-order chi connectivity index (χ0) is 22.9. The van der Waals surface area contributed by atoms with Crippen molar-refractivity contribution in [1.29, 1.82) is 0 Å². The van der Waals surface area contributed by atoms with Gasteiger partial charge in [0.25, 0.3) is 5.91 Å². The lowest BCUT2D eigenvalue weighted by molar-refractivity contribution is -0.123. The number of carbonyl (C=O) groups excluding carboxylic acids is 1. The van der Waals surface area contributed by atoms with Crippen LogP contribution in [-0.2, 0) is 11.4 Å². The van der Waals surface area contributed by atoms with Crippen LogP contribution in [0.1, 0.15) is 11.1 Å². The molecular formula is C23H19BrCl2N2O4. The van der Waals surface area contributed by atoms with Gasteiger partial charge in [-0.3, -0.25) is 4.79 Å². The Morgan fingerprint density at radius 3 is 2.44 bits per heavy atom. The van der Waals surface area contributed by atoms with E-state index in [9.17, 15) is 4.79 Å². The van der Waals surface area contributed by atoms with Crippen LogP contribution in [-0.4, -0.2) is 25.8 Å². The largest absolute Gasteiger partial charge is 0.493 e. The summed E-state index contributed by atoms with van der Waals surface area (Å²) in [5, 5.41) is 5.00. The number of carbonyl (C=O) groups is 1. The highest BCUT2D eigenvalue weighted by Crippen LogP contribution is 2.31. The maximum atomic E-state index is 11.9. The Morgan fingerprint density at radius 2 is 1.75 bits per heavy atom. The van der Waals surface area contributed by atoms with Crippen LogP contribution in [0.4, 0.5) is 0 Å². The average Bonchev–Trinajstić information content (AvgIpc) is 2.79. The van der Waals surface area contributed by atoms with Crippen LogP contribution < -0.4 is 19.6 Å². The van der Waals surface area contributed by atoms with E-state index in [0.717, 1.165) is 4.47 Å². The van der Waals surface area contributed by atoms with Crippen molar-refractivity contribution in [2.24, 2.45) is 5.10 Å². The number of rotatable bonds is 9. The maximum Gasteiger partial charge on any atom is 0.277 e. The van der Waals surface area contributed by atoms with Crippen molar-refractivity contribution in [2.75, 3.05) is 13.7 Å². The Hall–Kier alpha value is -2.74. The second kappa shape index (κ2) is 11.8. The predicted molar refractivity (Wildman–Crippen MR) is 129 cm³/mol. The van der Waals surface area contributed by atoms with Gasteiger partial charge < -0.3 is 14.2 Å². The molecule has 0 atom stereocenters. The molecule has 0 fully saturated rings. The van der Waals surface area contributed by atoms with E-state index in [0.29, 0.717) is 38.4 Å². The van der Waals surface area contributed by atoms with Crippen molar-refractivity contribution < 1.29 is 19.0 Å². The van der Waals surface area contributed by atoms with Gasteiger partial charge in [0.2, 0.25) is 0 Å². The minimum Gasteiger partial charge on any atom is -0.493 e. The van der Waals surface area contributed by atoms with Crippen LogP contribution in [0.5, 0.6) is 17.2 Å². The van der Waals surface area contributed by atoms with Crippen molar-refractivity contribution >= 4 is 51.3 Å². The van der Waals surface area contributed by atoms with E-state index in [1.165, 1.54) is 13.3 Å². The van der Waals surface area contributed by atoms with Gasteiger partial charge in [0.15, 0.2) is 18.1 Å². The van der Waals surface area contributed by atoms with Gasteiger partial charge >= 0.3 is 0 Å². The van der Waals surface area contributed by atoms with E-state index in [2.05, 4.69) is 26.5 Å². The number of halogens is 3. The number of hydrogen-bond donors (Lipinski definition) is 1. The van der Waals surface area contributed by atoms with Gasteiger partial charge in [-0.2, -0.15) is 5.10 Å². The van der Waals surface area contributed by atoms with Gasteiger partial charge in [0.1, 0.15) is 12.4 Å². The summed E-state index contributed by atoms with van der Waals surface area (Å²) in [5.74, 6) is 1.23. The summed E-state index contributed by atoms with van der Waals surface area (Å²) in [4.78, 5) is 11.9. The summed E-state index contributed by atoms with van der Waals surface area (Å²) in [5.41, 5.74) is 3.82. The first-order valence-electron chi connectivity index (χ1n) is 9.40. The summed E-state index contributed by atoms with van der Waals surface area (Å²) in [7, 11) is 1.53. The van der Waals surface area contributed by atoms with Crippen molar-refractivity contribution in [3.8, 4) is 17.2 Å². The number of nitrogens with one attached hydrogen (secondary N) is 1. The quantitative estimate of drug-likeness (QED) is 0.273. The lowest BCUT2D eigenvalue weighted by Gasteiger charge is -2.13. The average molecular weight is 538 g/mol. The van der Waals surface area contributed by atoms with Crippen LogP contribution in [0.25, 0.3) is 0 Å². The van der Waals surface area contributed by atoms with E-state index >= 15 is 0 Å². The fourth-order valence-corrected chi connectivity index (χ4v) is 3.37. The molecule has 166 valence electrons. The maximum absolute atomic E-state index is 11.9. The Bertz CT molecular complexity index is 1090. The van der Waals surface area contributed by atoms with Gasteiger partial charge in [-0.1, -0.05) is 45.2 Å². The molecule has 1 amide bonds. The molecule has 0 aromatic heterocycles. The zero-order valence-electron chi connectivity index (χ0n) is 17.0. The van der Waals surface area contributed by atoms with Gasteiger partial charge in [-0.25, -0.2) is 5.43 Å². The van der Waals surface area contributed by atoms with E-state index < -0.39 is 0 Å². The third-order valence-electron chi connectivity index (χ3n) is 4.21. The summed E-state index contributed by atoms with van der Waals surface area (Å²) in [6.07, 6.45) is 1.49. The van der Waals surface area contributed by atoms with Gasteiger partial charge in [-0.05, 0) is 60.2 Å². The SMILES string of the molecule is COc1cc(/C=N/NC(=O)COc2ccc(Br)cc2)ccc1OCc1c(Cl)cccc1Cl. The number of benzene rings is 3. The highest BCUT2D eigenvalue weighted by atomic mass is 79.9. The molecule has 0 radical (unpaired) electrons. The van der Waals surface area contributed by atoms with Gasteiger partial charge in [0, 0.05) is 20.1 Å². The molecule has 6 nitrogen and oxygen atoms in total. The first-order chi connectivity index (χ1) is 15.5. The van der Waals surface area contributed by atoms with E-state index in [-0.39, 0.29) is 19.1 Å². The molecular weight excluding hydrogens is 519 g/mol. The summed E-state index contributed by atoms with van der Waals surface area (Å²) in [6, 6.07) is 17.7.